The summed E-state index contributed by atoms with van der Waals surface area (Å²) in [4.78, 5) is -1.72. The highest BCUT2D eigenvalue weighted by Gasteiger charge is 2.27. The van der Waals surface area contributed by atoms with E-state index >= 15 is 0 Å². The van der Waals surface area contributed by atoms with Crippen molar-refractivity contribution in [3.05, 3.63) is 17.7 Å². The zero-order valence-electron chi connectivity index (χ0n) is 9.06. The molecule has 0 unspecified atom stereocenters. The second-order valence-electron chi connectivity index (χ2n) is 3.18. The third kappa shape index (κ3) is 2.79. The maximum atomic E-state index is 11.2. The fraction of sp³-hybridized carbons (Fsp3) is 0.250. The summed E-state index contributed by atoms with van der Waals surface area (Å²) in [5.74, 6) is -0.353. The number of aliphatic hydroxyl groups excluding tert-OH is 1. The number of hydrogen-bond acceptors (Lipinski definition) is 6. The molecule has 0 saturated carbocycles. The first kappa shape index (κ1) is 14.9. The molecule has 0 spiro atoms. The van der Waals surface area contributed by atoms with Crippen LogP contribution in [0.15, 0.2) is 21.9 Å². The molecular weight excluding hydrogens is 288 g/mol. The zero-order valence-corrected chi connectivity index (χ0v) is 10.7. The van der Waals surface area contributed by atoms with Gasteiger partial charge in [0.15, 0.2) is 0 Å². The highest BCUT2D eigenvalue weighted by atomic mass is 32.2. The van der Waals surface area contributed by atoms with E-state index < -0.39 is 42.2 Å². The molecule has 0 atom stereocenters. The Balaban J connectivity index is 3.87. The summed E-state index contributed by atoms with van der Waals surface area (Å²) < 4.78 is 66.9. The highest BCUT2D eigenvalue weighted by molar-refractivity contribution is 7.86. The third-order valence-electron chi connectivity index (χ3n) is 2.10. The topological polar surface area (TPSA) is 138 Å². The molecule has 0 aliphatic heterocycles. The lowest BCUT2D eigenvalue weighted by atomic mass is 10.2. The first-order valence-corrected chi connectivity index (χ1v) is 7.26. The molecule has 0 bridgehead atoms. The molecule has 1 aromatic rings. The third-order valence-corrected chi connectivity index (χ3v) is 4.00. The largest absolute Gasteiger partial charge is 0.495 e. The van der Waals surface area contributed by atoms with E-state index in [2.05, 4.69) is 4.74 Å². The highest BCUT2D eigenvalue weighted by Crippen LogP contribution is 2.32. The van der Waals surface area contributed by atoms with Crippen molar-refractivity contribution in [2.24, 2.45) is 0 Å². The summed E-state index contributed by atoms with van der Waals surface area (Å²) in [5.41, 5.74) is -0.667. The second kappa shape index (κ2) is 4.82. The van der Waals surface area contributed by atoms with Crippen molar-refractivity contribution in [1.82, 2.24) is 0 Å². The van der Waals surface area contributed by atoms with E-state index in [1.54, 1.807) is 0 Å². The molecule has 1 rings (SSSR count). The SMILES string of the molecule is COc1ccc(S(=O)(=O)O)c(CO)c1S(=O)(=O)O. The Morgan fingerprint density at radius 3 is 2.00 bits per heavy atom. The van der Waals surface area contributed by atoms with E-state index in [4.69, 9.17) is 14.2 Å². The van der Waals surface area contributed by atoms with Crippen molar-refractivity contribution in [3.63, 3.8) is 0 Å². The van der Waals surface area contributed by atoms with E-state index in [1.165, 1.54) is 0 Å². The van der Waals surface area contributed by atoms with Gasteiger partial charge in [0.25, 0.3) is 20.2 Å². The van der Waals surface area contributed by atoms with Crippen LogP contribution >= 0.6 is 0 Å². The molecule has 0 amide bonds. The van der Waals surface area contributed by atoms with Gasteiger partial charge in [0.05, 0.1) is 13.7 Å². The average Bonchev–Trinajstić information content (AvgIpc) is 2.24. The quantitative estimate of drug-likeness (QED) is 0.643. The van der Waals surface area contributed by atoms with E-state index in [0.29, 0.717) is 0 Å². The van der Waals surface area contributed by atoms with Crippen LogP contribution in [0.2, 0.25) is 0 Å². The summed E-state index contributed by atoms with van der Waals surface area (Å²) in [5, 5.41) is 9.04. The summed E-state index contributed by atoms with van der Waals surface area (Å²) >= 11 is 0. The summed E-state index contributed by atoms with van der Waals surface area (Å²) in [6, 6.07) is 1.79. The Hall–Kier alpha value is -1.20. The number of ether oxygens (including phenoxy) is 1. The molecule has 0 radical (unpaired) electrons. The average molecular weight is 298 g/mol. The van der Waals surface area contributed by atoms with Crippen molar-refractivity contribution >= 4 is 20.2 Å². The van der Waals surface area contributed by atoms with Crippen LogP contribution in [-0.4, -0.2) is 38.2 Å². The van der Waals surface area contributed by atoms with Crippen LogP contribution in [0.3, 0.4) is 0 Å². The van der Waals surface area contributed by atoms with Crippen LogP contribution in [0.1, 0.15) is 5.56 Å². The van der Waals surface area contributed by atoms with Crippen molar-refractivity contribution in [3.8, 4) is 5.75 Å². The fourth-order valence-electron chi connectivity index (χ4n) is 1.42. The minimum absolute atomic E-state index is 0.353. The maximum absolute atomic E-state index is 11.2. The van der Waals surface area contributed by atoms with Gasteiger partial charge in [0.1, 0.15) is 15.5 Å². The predicted octanol–water partition coefficient (Wildman–Crippen LogP) is -0.319. The molecule has 0 aliphatic rings. The summed E-state index contributed by atoms with van der Waals surface area (Å²) in [6.45, 7) is -1.03. The first-order chi connectivity index (χ1) is 8.12. The monoisotopic (exact) mass is 298 g/mol. The van der Waals surface area contributed by atoms with Crippen molar-refractivity contribution < 1.29 is 35.8 Å². The van der Waals surface area contributed by atoms with Crippen molar-refractivity contribution in [2.45, 2.75) is 16.4 Å². The molecule has 8 nitrogen and oxygen atoms in total. The maximum Gasteiger partial charge on any atom is 0.298 e. The van der Waals surface area contributed by atoms with Crippen molar-refractivity contribution in [1.29, 1.82) is 0 Å². The van der Waals surface area contributed by atoms with Gasteiger partial charge in [-0.15, -0.1) is 0 Å². The minimum atomic E-state index is -4.83. The van der Waals surface area contributed by atoms with Gasteiger partial charge >= 0.3 is 0 Å². The van der Waals surface area contributed by atoms with E-state index in [0.717, 1.165) is 19.2 Å². The van der Waals surface area contributed by atoms with Gasteiger partial charge in [-0.3, -0.25) is 9.11 Å². The van der Waals surface area contributed by atoms with Crippen LogP contribution in [0.4, 0.5) is 0 Å². The number of benzene rings is 1. The summed E-state index contributed by atoms with van der Waals surface area (Å²) in [6.07, 6.45) is 0. The molecule has 0 aromatic heterocycles. The number of methoxy groups -OCH3 is 1. The number of aliphatic hydroxyl groups is 1. The molecule has 18 heavy (non-hydrogen) atoms. The zero-order chi connectivity index (χ0) is 14.1. The second-order valence-corrected chi connectivity index (χ2v) is 5.93. The Bertz CT molecular complexity index is 659. The van der Waals surface area contributed by atoms with Crippen LogP contribution in [-0.2, 0) is 26.8 Å². The van der Waals surface area contributed by atoms with Gasteiger partial charge in [-0.1, -0.05) is 0 Å². The van der Waals surface area contributed by atoms with E-state index in [9.17, 15) is 16.8 Å². The van der Waals surface area contributed by atoms with E-state index in [-0.39, 0.29) is 5.75 Å². The standard InChI is InChI=1S/C8H10O8S2/c1-16-6-2-3-7(17(10,11)12)5(4-9)8(6)18(13,14)15/h2-3,9H,4H2,1H3,(H,10,11,12)(H,13,14,15). The molecule has 102 valence electrons. The van der Waals surface area contributed by atoms with Gasteiger partial charge in [0.2, 0.25) is 0 Å². The van der Waals surface area contributed by atoms with Crippen LogP contribution in [0.5, 0.6) is 5.75 Å². The lowest BCUT2D eigenvalue weighted by Crippen LogP contribution is -2.11. The predicted molar refractivity (Wildman–Crippen MR) is 58.5 cm³/mol. The molecule has 0 aliphatic carbocycles. The van der Waals surface area contributed by atoms with Crippen LogP contribution < -0.4 is 4.74 Å². The van der Waals surface area contributed by atoms with Gasteiger partial charge < -0.3 is 9.84 Å². The number of rotatable bonds is 4. The molecule has 3 N–H and O–H groups in total. The van der Waals surface area contributed by atoms with E-state index in [1.807, 2.05) is 0 Å². The van der Waals surface area contributed by atoms with Gasteiger partial charge in [-0.25, -0.2) is 0 Å². The lowest BCUT2D eigenvalue weighted by Gasteiger charge is -2.12. The van der Waals surface area contributed by atoms with Crippen LogP contribution in [0, 0.1) is 0 Å². The molecule has 0 saturated heterocycles. The first-order valence-electron chi connectivity index (χ1n) is 4.38. The Morgan fingerprint density at radius 2 is 1.67 bits per heavy atom. The minimum Gasteiger partial charge on any atom is -0.495 e. The Morgan fingerprint density at radius 1 is 1.11 bits per heavy atom. The summed E-state index contributed by atoms with van der Waals surface area (Å²) in [7, 11) is -8.48. The molecular formula is C8H10O8S2. The molecule has 10 heteroatoms. The van der Waals surface area contributed by atoms with Gasteiger partial charge in [-0.05, 0) is 12.1 Å². The normalized spacial score (nSPS) is 12.4. The number of hydrogen-bond donors (Lipinski definition) is 3. The Kier molecular flexibility index (Phi) is 3.98. The van der Waals surface area contributed by atoms with Gasteiger partial charge in [-0.2, -0.15) is 16.8 Å². The lowest BCUT2D eigenvalue weighted by molar-refractivity contribution is 0.271. The van der Waals surface area contributed by atoms with Crippen molar-refractivity contribution in [2.75, 3.05) is 7.11 Å². The molecule has 1 aromatic carbocycles. The smallest absolute Gasteiger partial charge is 0.298 e. The molecule has 0 fully saturated rings. The van der Waals surface area contributed by atoms with Crippen LogP contribution in [0.25, 0.3) is 0 Å². The molecule has 0 heterocycles. The fourth-order valence-corrected chi connectivity index (χ4v) is 3.10. The van der Waals surface area contributed by atoms with Gasteiger partial charge in [0, 0.05) is 5.56 Å². The Labute approximate surface area is 103 Å².